The molecule has 0 aromatic heterocycles. The van der Waals surface area contributed by atoms with Crippen molar-refractivity contribution in [2.45, 2.75) is 39.7 Å². The van der Waals surface area contributed by atoms with Gasteiger partial charge in [0.05, 0.1) is 11.4 Å². The maximum atomic E-state index is 11.9. The van der Waals surface area contributed by atoms with Crippen LogP contribution in [0.15, 0.2) is 24.3 Å². The van der Waals surface area contributed by atoms with E-state index in [-0.39, 0.29) is 5.75 Å². The van der Waals surface area contributed by atoms with Crippen molar-refractivity contribution in [1.29, 1.82) is 0 Å². The zero-order valence-corrected chi connectivity index (χ0v) is 15.2. The van der Waals surface area contributed by atoms with Crippen LogP contribution in [0.3, 0.4) is 0 Å². The predicted molar refractivity (Wildman–Crippen MR) is 97.4 cm³/mol. The molecular weight excluding hydrogens is 310 g/mol. The molecule has 2 rings (SSSR count). The molecule has 1 fully saturated rings. The van der Waals surface area contributed by atoms with Gasteiger partial charge in [0.25, 0.3) is 0 Å². The van der Waals surface area contributed by atoms with Crippen molar-refractivity contribution in [3.05, 3.63) is 24.3 Å². The molecule has 0 amide bonds. The number of hydrogen-bond donors (Lipinski definition) is 2. The van der Waals surface area contributed by atoms with Crippen molar-refractivity contribution in [2.24, 2.45) is 5.92 Å². The van der Waals surface area contributed by atoms with Crippen LogP contribution in [-0.4, -0.2) is 44.7 Å². The zero-order valence-electron chi connectivity index (χ0n) is 14.4. The summed E-state index contributed by atoms with van der Waals surface area (Å²) in [6.07, 6.45) is 1.72. The van der Waals surface area contributed by atoms with Gasteiger partial charge in [-0.2, -0.15) is 0 Å². The summed E-state index contributed by atoms with van der Waals surface area (Å²) in [4.78, 5) is 2.47. The monoisotopic (exact) mass is 339 g/mol. The topological polar surface area (TPSA) is 61.4 Å². The third-order valence-electron chi connectivity index (χ3n) is 4.40. The van der Waals surface area contributed by atoms with Gasteiger partial charge in [-0.3, -0.25) is 4.72 Å². The minimum absolute atomic E-state index is 0.150. The highest BCUT2D eigenvalue weighted by Crippen LogP contribution is 2.23. The van der Waals surface area contributed by atoms with Crippen molar-refractivity contribution in [3.8, 4) is 0 Å². The van der Waals surface area contributed by atoms with Crippen molar-refractivity contribution < 1.29 is 8.42 Å². The van der Waals surface area contributed by atoms with E-state index in [1.165, 1.54) is 0 Å². The number of sulfonamides is 1. The molecule has 1 aliphatic rings. The van der Waals surface area contributed by atoms with Gasteiger partial charge >= 0.3 is 0 Å². The van der Waals surface area contributed by atoms with Crippen molar-refractivity contribution >= 4 is 21.4 Å². The lowest BCUT2D eigenvalue weighted by Gasteiger charge is -2.37. The van der Waals surface area contributed by atoms with E-state index in [0.29, 0.717) is 24.1 Å². The van der Waals surface area contributed by atoms with Crippen LogP contribution in [0.25, 0.3) is 0 Å². The first kappa shape index (κ1) is 18.1. The molecule has 1 aromatic rings. The molecule has 1 aliphatic heterocycles. The first-order chi connectivity index (χ1) is 10.9. The second-order valence-corrected chi connectivity index (χ2v) is 8.25. The lowest BCUT2D eigenvalue weighted by molar-refractivity contribution is 0.179. The number of anilines is 2. The largest absolute Gasteiger partial charge is 0.382 e. The average Bonchev–Trinajstić information content (AvgIpc) is 2.49. The molecule has 0 saturated carbocycles. The zero-order chi connectivity index (χ0) is 16.9. The van der Waals surface area contributed by atoms with Crippen molar-refractivity contribution in [2.75, 3.05) is 35.4 Å². The lowest BCUT2D eigenvalue weighted by atomic mass is 9.93. The van der Waals surface area contributed by atoms with Gasteiger partial charge < -0.3 is 10.2 Å². The number of piperidine rings is 1. The Labute approximate surface area is 140 Å². The highest BCUT2D eigenvalue weighted by molar-refractivity contribution is 7.92. The summed E-state index contributed by atoms with van der Waals surface area (Å²) < 4.78 is 26.4. The van der Waals surface area contributed by atoms with E-state index in [0.717, 1.165) is 31.7 Å². The third-order valence-corrected chi connectivity index (χ3v) is 5.89. The fraction of sp³-hybridized carbons (Fsp3) is 0.647. The summed E-state index contributed by atoms with van der Waals surface area (Å²) in [6, 6.07) is 7.99. The van der Waals surface area contributed by atoms with Gasteiger partial charge in [-0.05, 0) is 43.5 Å². The summed E-state index contributed by atoms with van der Waals surface area (Å²) in [5.74, 6) is 0.723. The van der Waals surface area contributed by atoms with E-state index in [1.807, 2.05) is 25.1 Å². The normalized spacial score (nSPS) is 22.7. The summed E-state index contributed by atoms with van der Waals surface area (Å²) in [5.41, 5.74) is 1.60. The van der Waals surface area contributed by atoms with Crippen molar-refractivity contribution in [3.63, 3.8) is 0 Å². The lowest BCUT2D eigenvalue weighted by Crippen LogP contribution is -2.45. The average molecular weight is 340 g/mol. The van der Waals surface area contributed by atoms with Crippen molar-refractivity contribution in [1.82, 2.24) is 4.90 Å². The van der Waals surface area contributed by atoms with Crippen LogP contribution in [0, 0.1) is 5.92 Å². The molecule has 0 unspecified atom stereocenters. The number of nitrogens with one attached hydrogen (secondary N) is 2. The van der Waals surface area contributed by atoms with E-state index in [9.17, 15) is 8.42 Å². The Hall–Kier alpha value is -1.27. The van der Waals surface area contributed by atoms with Gasteiger partial charge in [0.2, 0.25) is 10.0 Å². The van der Waals surface area contributed by atoms with E-state index < -0.39 is 10.0 Å². The molecule has 0 radical (unpaired) electrons. The Kier molecular flexibility index (Phi) is 6.30. The Bertz CT molecular complexity index is 604. The maximum absolute atomic E-state index is 11.9. The smallest absolute Gasteiger partial charge is 0.232 e. The van der Waals surface area contributed by atoms with Gasteiger partial charge in [-0.15, -0.1) is 0 Å². The highest BCUT2D eigenvalue weighted by Gasteiger charge is 2.25. The Morgan fingerprint density at radius 2 is 2.00 bits per heavy atom. The first-order valence-corrected chi connectivity index (χ1v) is 10.2. The van der Waals surface area contributed by atoms with Gasteiger partial charge in [0.15, 0.2) is 0 Å². The summed E-state index contributed by atoms with van der Waals surface area (Å²) in [6.45, 7) is 9.66. The molecular formula is C17H29N3O2S. The molecule has 2 N–H and O–H groups in total. The quantitative estimate of drug-likeness (QED) is 0.802. The van der Waals surface area contributed by atoms with Crippen LogP contribution >= 0.6 is 0 Å². The Balaban J connectivity index is 2.00. The minimum Gasteiger partial charge on any atom is -0.382 e. The molecule has 2 atom stereocenters. The predicted octanol–water partition coefficient (Wildman–Crippen LogP) is 2.98. The third kappa shape index (κ3) is 5.39. The SMILES string of the molecule is CCCS(=O)(=O)Nc1cccc(N[C@@H]2CCN(CC)C[C@@H]2C)c1. The van der Waals surface area contributed by atoms with Crippen LogP contribution < -0.4 is 10.0 Å². The van der Waals surface area contributed by atoms with Gasteiger partial charge in [-0.1, -0.05) is 26.8 Å². The minimum atomic E-state index is -3.24. The maximum Gasteiger partial charge on any atom is 0.232 e. The summed E-state index contributed by atoms with van der Waals surface area (Å²) >= 11 is 0. The number of benzene rings is 1. The number of likely N-dealkylation sites (tertiary alicyclic amines) is 1. The fourth-order valence-corrected chi connectivity index (χ4v) is 4.25. The Morgan fingerprint density at radius 1 is 1.26 bits per heavy atom. The molecule has 1 saturated heterocycles. The van der Waals surface area contributed by atoms with Crippen LogP contribution in [-0.2, 0) is 10.0 Å². The number of rotatable bonds is 7. The van der Waals surface area contributed by atoms with Gasteiger partial charge in [0.1, 0.15) is 0 Å². The fourth-order valence-electron chi connectivity index (χ4n) is 3.12. The standard InChI is InChI=1S/C17H29N3O2S/c1-4-11-23(21,22)19-16-8-6-7-15(12-16)18-17-9-10-20(5-2)13-14(17)3/h6-8,12,14,17-19H,4-5,9-11,13H2,1-3H3/t14-,17+/m0/s1. The Morgan fingerprint density at radius 3 is 2.65 bits per heavy atom. The van der Waals surface area contributed by atoms with E-state index in [4.69, 9.17) is 0 Å². The summed E-state index contributed by atoms with van der Waals surface area (Å²) in [7, 11) is -3.24. The van der Waals surface area contributed by atoms with E-state index in [1.54, 1.807) is 6.07 Å². The van der Waals surface area contributed by atoms with Crippen LogP contribution in [0.4, 0.5) is 11.4 Å². The van der Waals surface area contributed by atoms with E-state index in [2.05, 4.69) is 28.8 Å². The van der Waals surface area contributed by atoms with Crippen LogP contribution in [0.1, 0.15) is 33.6 Å². The first-order valence-electron chi connectivity index (χ1n) is 8.53. The number of nitrogens with zero attached hydrogens (tertiary/aromatic N) is 1. The van der Waals surface area contributed by atoms with Gasteiger partial charge in [-0.25, -0.2) is 8.42 Å². The van der Waals surface area contributed by atoms with Crippen LogP contribution in [0.5, 0.6) is 0 Å². The molecule has 6 heteroatoms. The molecule has 0 aliphatic carbocycles. The molecule has 130 valence electrons. The molecule has 1 heterocycles. The second-order valence-electron chi connectivity index (χ2n) is 6.41. The summed E-state index contributed by atoms with van der Waals surface area (Å²) in [5, 5.41) is 3.57. The number of hydrogen-bond acceptors (Lipinski definition) is 4. The van der Waals surface area contributed by atoms with E-state index >= 15 is 0 Å². The van der Waals surface area contributed by atoms with Gasteiger partial charge in [0, 0.05) is 24.8 Å². The molecule has 5 nitrogen and oxygen atoms in total. The highest BCUT2D eigenvalue weighted by atomic mass is 32.2. The molecule has 23 heavy (non-hydrogen) atoms. The molecule has 1 aromatic carbocycles. The molecule has 0 spiro atoms. The molecule has 0 bridgehead atoms. The second kappa shape index (κ2) is 8.02. The van der Waals surface area contributed by atoms with Crippen LogP contribution in [0.2, 0.25) is 0 Å².